The summed E-state index contributed by atoms with van der Waals surface area (Å²) < 4.78 is 13.0. The molecule has 1 atom stereocenters. The fourth-order valence-electron chi connectivity index (χ4n) is 2.09. The van der Waals surface area contributed by atoms with Crippen molar-refractivity contribution in [3.05, 3.63) is 63.9 Å². The van der Waals surface area contributed by atoms with E-state index in [2.05, 4.69) is 0 Å². The molecule has 0 aliphatic heterocycles. The molecule has 2 aromatic rings. The monoisotopic (exact) mass is 312 g/mol. The van der Waals surface area contributed by atoms with Crippen molar-refractivity contribution < 1.29 is 4.39 Å². The van der Waals surface area contributed by atoms with Gasteiger partial charge in [-0.15, -0.1) is 0 Å². The van der Waals surface area contributed by atoms with Crippen molar-refractivity contribution in [3.8, 4) is 0 Å². The predicted molar refractivity (Wildman–Crippen MR) is 83.1 cm³/mol. The molecule has 5 heteroatoms. The van der Waals surface area contributed by atoms with Crippen LogP contribution in [0, 0.1) is 5.82 Å². The highest BCUT2D eigenvalue weighted by atomic mass is 35.5. The SMILES string of the molecule is CN(c1ccc(F)cc1)C(CN)c1ccc(Cl)c(Cl)c1. The van der Waals surface area contributed by atoms with Crippen LogP contribution in [0.25, 0.3) is 0 Å². The molecule has 20 heavy (non-hydrogen) atoms. The van der Waals surface area contributed by atoms with Crippen LogP contribution in [0.2, 0.25) is 10.0 Å². The van der Waals surface area contributed by atoms with Crippen molar-refractivity contribution in [1.29, 1.82) is 0 Å². The third-order valence-electron chi connectivity index (χ3n) is 3.25. The zero-order chi connectivity index (χ0) is 14.7. The molecule has 0 saturated heterocycles. The summed E-state index contributed by atoms with van der Waals surface area (Å²) in [6, 6.07) is 11.7. The van der Waals surface area contributed by atoms with Gasteiger partial charge in [-0.25, -0.2) is 4.39 Å². The van der Waals surface area contributed by atoms with Crippen LogP contribution in [0.3, 0.4) is 0 Å². The number of hydrogen-bond acceptors (Lipinski definition) is 2. The summed E-state index contributed by atoms with van der Waals surface area (Å²) in [5.74, 6) is -0.263. The van der Waals surface area contributed by atoms with Crippen LogP contribution in [0.15, 0.2) is 42.5 Å². The maximum absolute atomic E-state index is 13.0. The average Bonchev–Trinajstić information content (AvgIpc) is 2.44. The predicted octanol–water partition coefficient (Wildman–Crippen LogP) is 4.27. The summed E-state index contributed by atoms with van der Waals surface area (Å²) in [6.45, 7) is 0.409. The molecule has 0 heterocycles. The molecule has 2 nitrogen and oxygen atoms in total. The Morgan fingerprint density at radius 2 is 1.75 bits per heavy atom. The Kier molecular flexibility index (Phi) is 4.86. The summed E-state index contributed by atoms with van der Waals surface area (Å²) in [5, 5.41) is 1.01. The van der Waals surface area contributed by atoms with Crippen molar-refractivity contribution in [2.45, 2.75) is 6.04 Å². The van der Waals surface area contributed by atoms with Gasteiger partial charge in [-0.05, 0) is 42.0 Å². The lowest BCUT2D eigenvalue weighted by Crippen LogP contribution is -2.30. The number of likely N-dealkylation sites (N-methyl/N-ethyl adjacent to an activating group) is 1. The van der Waals surface area contributed by atoms with E-state index in [1.807, 2.05) is 18.0 Å². The van der Waals surface area contributed by atoms with Crippen molar-refractivity contribution >= 4 is 28.9 Å². The van der Waals surface area contributed by atoms with E-state index in [1.54, 1.807) is 24.3 Å². The molecule has 0 spiro atoms. The van der Waals surface area contributed by atoms with Gasteiger partial charge in [0.2, 0.25) is 0 Å². The van der Waals surface area contributed by atoms with Gasteiger partial charge in [-0.2, -0.15) is 0 Å². The molecular formula is C15H15Cl2FN2. The molecule has 2 aromatic carbocycles. The minimum absolute atomic E-state index is 0.0600. The van der Waals surface area contributed by atoms with Gasteiger partial charge >= 0.3 is 0 Å². The first-order valence-corrected chi connectivity index (χ1v) is 6.92. The lowest BCUT2D eigenvalue weighted by Gasteiger charge is -2.29. The molecule has 0 aliphatic carbocycles. The van der Waals surface area contributed by atoms with Crippen molar-refractivity contribution in [3.63, 3.8) is 0 Å². The summed E-state index contributed by atoms with van der Waals surface area (Å²) in [4.78, 5) is 1.99. The quantitative estimate of drug-likeness (QED) is 0.913. The van der Waals surface area contributed by atoms with Crippen LogP contribution < -0.4 is 10.6 Å². The van der Waals surface area contributed by atoms with E-state index in [1.165, 1.54) is 12.1 Å². The van der Waals surface area contributed by atoms with E-state index in [0.29, 0.717) is 16.6 Å². The van der Waals surface area contributed by atoms with Gasteiger partial charge in [0.05, 0.1) is 16.1 Å². The van der Waals surface area contributed by atoms with Gasteiger partial charge in [0, 0.05) is 19.3 Å². The van der Waals surface area contributed by atoms with Crippen LogP contribution in [-0.4, -0.2) is 13.6 Å². The number of anilines is 1. The Bertz CT molecular complexity index is 587. The van der Waals surface area contributed by atoms with Gasteiger partial charge in [-0.3, -0.25) is 0 Å². The van der Waals surface area contributed by atoms with E-state index in [4.69, 9.17) is 28.9 Å². The molecule has 0 fully saturated rings. The molecular weight excluding hydrogens is 298 g/mol. The van der Waals surface area contributed by atoms with Gasteiger partial charge in [0.15, 0.2) is 0 Å². The van der Waals surface area contributed by atoms with Crippen LogP contribution in [0.1, 0.15) is 11.6 Å². The van der Waals surface area contributed by atoms with Crippen molar-refractivity contribution in [2.24, 2.45) is 5.73 Å². The third kappa shape index (κ3) is 3.23. The minimum atomic E-state index is -0.263. The summed E-state index contributed by atoms with van der Waals surface area (Å²) >= 11 is 12.0. The number of rotatable bonds is 4. The van der Waals surface area contributed by atoms with Crippen LogP contribution in [0.5, 0.6) is 0 Å². The highest BCUT2D eigenvalue weighted by Gasteiger charge is 2.17. The largest absolute Gasteiger partial charge is 0.366 e. The van der Waals surface area contributed by atoms with E-state index < -0.39 is 0 Å². The Morgan fingerprint density at radius 3 is 2.30 bits per heavy atom. The first-order valence-electron chi connectivity index (χ1n) is 6.16. The number of nitrogens with two attached hydrogens (primary N) is 1. The minimum Gasteiger partial charge on any atom is -0.366 e. The molecule has 0 aromatic heterocycles. The zero-order valence-electron chi connectivity index (χ0n) is 11.0. The number of halogens is 3. The van der Waals surface area contributed by atoms with Gasteiger partial charge < -0.3 is 10.6 Å². The van der Waals surface area contributed by atoms with Crippen molar-refractivity contribution in [2.75, 3.05) is 18.5 Å². The molecule has 0 bridgehead atoms. The van der Waals surface area contributed by atoms with E-state index >= 15 is 0 Å². The molecule has 0 saturated carbocycles. The fourth-order valence-corrected chi connectivity index (χ4v) is 2.40. The first-order chi connectivity index (χ1) is 9.52. The second-order valence-corrected chi connectivity index (χ2v) is 5.33. The van der Waals surface area contributed by atoms with Crippen LogP contribution in [-0.2, 0) is 0 Å². The molecule has 106 valence electrons. The third-order valence-corrected chi connectivity index (χ3v) is 3.99. The Balaban J connectivity index is 2.31. The molecule has 2 rings (SSSR count). The number of hydrogen-bond donors (Lipinski definition) is 1. The van der Waals surface area contributed by atoms with Crippen molar-refractivity contribution in [1.82, 2.24) is 0 Å². The van der Waals surface area contributed by atoms with Crippen LogP contribution >= 0.6 is 23.2 Å². The van der Waals surface area contributed by atoms with E-state index in [9.17, 15) is 4.39 Å². The fraction of sp³-hybridized carbons (Fsp3) is 0.200. The lowest BCUT2D eigenvalue weighted by molar-refractivity contribution is 0.626. The van der Waals surface area contributed by atoms with Gasteiger partial charge in [0.25, 0.3) is 0 Å². The Labute approximate surface area is 127 Å². The number of nitrogens with zero attached hydrogens (tertiary/aromatic N) is 1. The average molecular weight is 313 g/mol. The van der Waals surface area contributed by atoms with Gasteiger partial charge in [-0.1, -0.05) is 29.3 Å². The topological polar surface area (TPSA) is 29.3 Å². The van der Waals surface area contributed by atoms with Crippen LogP contribution in [0.4, 0.5) is 10.1 Å². The molecule has 0 radical (unpaired) electrons. The Morgan fingerprint density at radius 1 is 1.10 bits per heavy atom. The van der Waals surface area contributed by atoms with Gasteiger partial charge in [0.1, 0.15) is 5.82 Å². The first kappa shape index (κ1) is 15.1. The van der Waals surface area contributed by atoms with E-state index in [0.717, 1.165) is 11.3 Å². The number of benzene rings is 2. The molecule has 0 amide bonds. The molecule has 0 aliphatic rings. The second kappa shape index (κ2) is 6.44. The second-order valence-electron chi connectivity index (χ2n) is 4.51. The zero-order valence-corrected chi connectivity index (χ0v) is 12.5. The highest BCUT2D eigenvalue weighted by Crippen LogP contribution is 2.29. The summed E-state index contributed by atoms with van der Waals surface area (Å²) in [7, 11) is 1.91. The normalized spacial score (nSPS) is 12.2. The maximum Gasteiger partial charge on any atom is 0.123 e. The maximum atomic E-state index is 13.0. The highest BCUT2D eigenvalue weighted by molar-refractivity contribution is 6.42. The Hall–Kier alpha value is -1.29. The van der Waals surface area contributed by atoms with E-state index in [-0.39, 0.29) is 11.9 Å². The molecule has 1 unspecified atom stereocenters. The summed E-state index contributed by atoms with van der Waals surface area (Å²) in [5.41, 5.74) is 7.72. The molecule has 2 N–H and O–H groups in total. The summed E-state index contributed by atoms with van der Waals surface area (Å²) in [6.07, 6.45) is 0. The smallest absolute Gasteiger partial charge is 0.123 e. The lowest BCUT2D eigenvalue weighted by atomic mass is 10.1. The standard InChI is InChI=1S/C15H15Cl2FN2/c1-20(12-5-3-11(18)4-6-12)15(9-19)10-2-7-13(16)14(17)8-10/h2-8,15H,9,19H2,1H3.